The predicted octanol–water partition coefficient (Wildman–Crippen LogP) is 1.59. The van der Waals surface area contributed by atoms with E-state index in [-0.39, 0.29) is 6.10 Å². The van der Waals surface area contributed by atoms with Crippen molar-refractivity contribution in [3.8, 4) is 5.75 Å². The zero-order chi connectivity index (χ0) is 18.9. The minimum atomic E-state index is -1.07. The Morgan fingerprint density at radius 3 is 2.46 bits per heavy atom. The molecule has 146 valence electrons. The Bertz CT molecular complexity index is 586. The van der Waals surface area contributed by atoms with Crippen LogP contribution in [0.5, 0.6) is 5.75 Å². The third kappa shape index (κ3) is 4.36. The number of ether oxygens (including phenoxy) is 5. The van der Waals surface area contributed by atoms with Gasteiger partial charge in [0, 0.05) is 0 Å². The number of aliphatic hydroxyl groups excluding tert-OH is 2. The molecular weight excluding hydrogens is 340 g/mol. The van der Waals surface area contributed by atoms with Crippen LogP contribution in [0.15, 0.2) is 24.3 Å². The van der Waals surface area contributed by atoms with Crippen LogP contribution in [0.2, 0.25) is 0 Å². The zero-order valence-electron chi connectivity index (χ0n) is 15.6. The largest absolute Gasteiger partial charge is 0.491 e. The SMILES string of the molecule is CC(C)Oc1ccc(CO[C@H]2[C@@H]3OC(C)(C)O[C@@H]3O[C@H]2[C@H](O)CO)cc1. The molecule has 2 heterocycles. The zero-order valence-corrected chi connectivity index (χ0v) is 15.6. The molecule has 0 amide bonds. The summed E-state index contributed by atoms with van der Waals surface area (Å²) in [7, 11) is 0. The molecule has 1 aromatic rings. The Morgan fingerprint density at radius 1 is 1.15 bits per heavy atom. The van der Waals surface area contributed by atoms with Gasteiger partial charge in [-0.1, -0.05) is 12.1 Å². The molecule has 3 rings (SSSR count). The van der Waals surface area contributed by atoms with Crippen molar-refractivity contribution < 1.29 is 33.9 Å². The first-order valence-corrected chi connectivity index (χ1v) is 8.96. The quantitative estimate of drug-likeness (QED) is 0.756. The molecule has 0 aromatic heterocycles. The molecule has 7 nitrogen and oxygen atoms in total. The summed E-state index contributed by atoms with van der Waals surface area (Å²) in [5.74, 6) is 0.0259. The van der Waals surface area contributed by atoms with Crippen molar-refractivity contribution in [2.75, 3.05) is 6.61 Å². The van der Waals surface area contributed by atoms with E-state index in [0.717, 1.165) is 11.3 Å². The molecule has 0 saturated carbocycles. The smallest absolute Gasteiger partial charge is 0.190 e. The monoisotopic (exact) mass is 368 g/mol. The van der Waals surface area contributed by atoms with Gasteiger partial charge in [0.25, 0.3) is 0 Å². The minimum Gasteiger partial charge on any atom is -0.491 e. The molecule has 0 spiro atoms. The van der Waals surface area contributed by atoms with Gasteiger partial charge >= 0.3 is 0 Å². The molecule has 0 radical (unpaired) electrons. The fraction of sp³-hybridized carbons (Fsp3) is 0.684. The van der Waals surface area contributed by atoms with E-state index < -0.39 is 43.1 Å². The summed E-state index contributed by atoms with van der Waals surface area (Å²) >= 11 is 0. The van der Waals surface area contributed by atoms with Gasteiger partial charge in [-0.05, 0) is 45.4 Å². The van der Waals surface area contributed by atoms with Crippen LogP contribution in [0, 0.1) is 0 Å². The summed E-state index contributed by atoms with van der Waals surface area (Å²) in [5.41, 5.74) is 0.958. The fourth-order valence-corrected chi connectivity index (χ4v) is 3.24. The van der Waals surface area contributed by atoms with Crippen molar-refractivity contribution in [3.63, 3.8) is 0 Å². The Morgan fingerprint density at radius 2 is 1.85 bits per heavy atom. The lowest BCUT2D eigenvalue weighted by Gasteiger charge is -2.28. The van der Waals surface area contributed by atoms with E-state index in [1.54, 1.807) is 13.8 Å². The van der Waals surface area contributed by atoms with Gasteiger partial charge in [-0.25, -0.2) is 0 Å². The van der Waals surface area contributed by atoms with Crippen molar-refractivity contribution in [3.05, 3.63) is 29.8 Å². The van der Waals surface area contributed by atoms with Crippen molar-refractivity contribution >= 4 is 0 Å². The minimum absolute atomic E-state index is 0.119. The Labute approximate surface area is 153 Å². The van der Waals surface area contributed by atoms with Crippen molar-refractivity contribution in [2.45, 2.75) is 76.9 Å². The lowest BCUT2D eigenvalue weighted by atomic mass is 10.1. The summed E-state index contributed by atoms with van der Waals surface area (Å²) in [6.07, 6.45) is -3.29. The number of hydrogen-bond acceptors (Lipinski definition) is 7. The van der Waals surface area contributed by atoms with Crippen LogP contribution in [0.1, 0.15) is 33.3 Å². The van der Waals surface area contributed by atoms with Gasteiger partial charge < -0.3 is 33.9 Å². The second-order valence-corrected chi connectivity index (χ2v) is 7.41. The number of rotatable bonds is 7. The van der Waals surface area contributed by atoms with Crippen molar-refractivity contribution in [1.29, 1.82) is 0 Å². The van der Waals surface area contributed by atoms with E-state index in [0.29, 0.717) is 6.61 Å². The molecule has 2 aliphatic rings. The number of aliphatic hydroxyl groups is 2. The summed E-state index contributed by atoms with van der Waals surface area (Å²) in [4.78, 5) is 0. The highest BCUT2D eigenvalue weighted by molar-refractivity contribution is 5.27. The van der Waals surface area contributed by atoms with Crippen LogP contribution in [0.3, 0.4) is 0 Å². The van der Waals surface area contributed by atoms with Crippen LogP contribution >= 0.6 is 0 Å². The molecule has 0 unspecified atom stereocenters. The van der Waals surface area contributed by atoms with Crippen LogP contribution in [-0.4, -0.2) is 59.4 Å². The third-order valence-corrected chi connectivity index (χ3v) is 4.33. The molecule has 2 fully saturated rings. The van der Waals surface area contributed by atoms with Crippen molar-refractivity contribution in [2.24, 2.45) is 0 Å². The number of fused-ring (bicyclic) bond motifs is 1. The second kappa shape index (κ2) is 7.80. The number of hydrogen-bond donors (Lipinski definition) is 2. The molecule has 2 N–H and O–H groups in total. The maximum atomic E-state index is 10.0. The molecule has 2 aliphatic heterocycles. The van der Waals surface area contributed by atoms with E-state index in [9.17, 15) is 10.2 Å². The molecule has 26 heavy (non-hydrogen) atoms. The van der Waals surface area contributed by atoms with Crippen molar-refractivity contribution in [1.82, 2.24) is 0 Å². The summed E-state index contributed by atoms with van der Waals surface area (Å²) in [5, 5.41) is 19.3. The maximum absolute atomic E-state index is 10.0. The van der Waals surface area contributed by atoms with E-state index >= 15 is 0 Å². The van der Waals surface area contributed by atoms with Gasteiger partial charge in [0.15, 0.2) is 12.1 Å². The average molecular weight is 368 g/mol. The first-order chi connectivity index (χ1) is 12.3. The molecule has 7 heteroatoms. The molecular formula is C19H28O7. The highest BCUT2D eigenvalue weighted by Gasteiger charge is 2.56. The van der Waals surface area contributed by atoms with Gasteiger partial charge in [-0.2, -0.15) is 0 Å². The first kappa shape index (κ1) is 19.5. The van der Waals surface area contributed by atoms with E-state index in [4.69, 9.17) is 23.7 Å². The standard InChI is InChI=1S/C19H28O7/c1-11(2)23-13-7-5-12(6-8-13)10-22-16-15(14(21)9-20)24-18-17(16)25-19(3,4)26-18/h5-8,11,14-18,20-21H,9-10H2,1-4H3/t14-,15+,16-,17+,18+/m1/s1. The van der Waals surface area contributed by atoms with Gasteiger partial charge in [0.2, 0.25) is 0 Å². The molecule has 0 aliphatic carbocycles. The van der Waals surface area contributed by atoms with Crippen LogP contribution < -0.4 is 4.74 Å². The van der Waals surface area contributed by atoms with Crippen LogP contribution in [0.4, 0.5) is 0 Å². The normalized spacial score (nSPS) is 31.2. The predicted molar refractivity (Wildman–Crippen MR) is 92.6 cm³/mol. The van der Waals surface area contributed by atoms with E-state index in [1.165, 1.54) is 0 Å². The van der Waals surface area contributed by atoms with Crippen LogP contribution in [-0.2, 0) is 25.6 Å². The third-order valence-electron chi connectivity index (χ3n) is 4.33. The summed E-state index contributed by atoms with van der Waals surface area (Å²) in [6.45, 7) is 7.45. The molecule has 5 atom stereocenters. The van der Waals surface area contributed by atoms with E-state index in [2.05, 4.69) is 0 Å². The molecule has 2 saturated heterocycles. The summed E-state index contributed by atoms with van der Waals surface area (Å²) in [6, 6.07) is 7.65. The summed E-state index contributed by atoms with van der Waals surface area (Å²) < 4.78 is 29.0. The Hall–Kier alpha value is -1.22. The Kier molecular flexibility index (Phi) is 5.86. The average Bonchev–Trinajstić information content (AvgIpc) is 3.05. The fourth-order valence-electron chi connectivity index (χ4n) is 3.24. The van der Waals surface area contributed by atoms with E-state index in [1.807, 2.05) is 38.1 Å². The lowest BCUT2D eigenvalue weighted by molar-refractivity contribution is -0.232. The highest BCUT2D eigenvalue weighted by atomic mass is 16.8. The van der Waals surface area contributed by atoms with Gasteiger partial charge in [-0.3, -0.25) is 0 Å². The lowest BCUT2D eigenvalue weighted by Crippen LogP contribution is -2.44. The topological polar surface area (TPSA) is 86.6 Å². The first-order valence-electron chi connectivity index (χ1n) is 8.96. The highest BCUT2D eigenvalue weighted by Crippen LogP contribution is 2.39. The van der Waals surface area contributed by atoms with Gasteiger partial charge in [0.05, 0.1) is 19.3 Å². The maximum Gasteiger partial charge on any atom is 0.190 e. The van der Waals surface area contributed by atoms with Crippen LogP contribution in [0.25, 0.3) is 0 Å². The number of benzene rings is 1. The molecule has 0 bridgehead atoms. The second-order valence-electron chi connectivity index (χ2n) is 7.41. The Balaban J connectivity index is 1.65. The molecule has 1 aromatic carbocycles. The van der Waals surface area contributed by atoms with Gasteiger partial charge in [0.1, 0.15) is 30.2 Å². The van der Waals surface area contributed by atoms with Gasteiger partial charge in [-0.15, -0.1) is 0 Å².